The molecule has 1 aliphatic heterocycles. The minimum atomic E-state index is -5.15. The lowest BCUT2D eigenvalue weighted by molar-refractivity contribution is -0.285. The maximum Gasteiger partial charge on any atom is 0.437 e. The number of benzene rings is 2. The molecule has 0 unspecified atom stereocenters. The van der Waals surface area contributed by atoms with Gasteiger partial charge in [-0.3, -0.25) is 4.79 Å². The van der Waals surface area contributed by atoms with E-state index in [0.29, 0.717) is 11.3 Å². The van der Waals surface area contributed by atoms with E-state index >= 15 is 0 Å². The molecule has 28 heavy (non-hydrogen) atoms. The van der Waals surface area contributed by atoms with Gasteiger partial charge in [0.15, 0.2) is 10.9 Å². The summed E-state index contributed by atoms with van der Waals surface area (Å²) in [7, 11) is 1.46. The van der Waals surface area contributed by atoms with Gasteiger partial charge in [0.05, 0.1) is 13.2 Å². The summed E-state index contributed by atoms with van der Waals surface area (Å²) in [6, 6.07) is 12.5. The largest absolute Gasteiger partial charge is 0.497 e. The van der Waals surface area contributed by atoms with E-state index in [1.165, 1.54) is 43.5 Å². The summed E-state index contributed by atoms with van der Waals surface area (Å²) in [5.74, 6) is -2.30. The van der Waals surface area contributed by atoms with E-state index in [9.17, 15) is 23.1 Å². The molecule has 3 N–H and O–H groups in total. The van der Waals surface area contributed by atoms with Gasteiger partial charge in [-0.05, 0) is 29.9 Å². The number of ketones is 1. The molecule has 0 radical (unpaired) electrons. The molecule has 1 fully saturated rings. The van der Waals surface area contributed by atoms with Gasteiger partial charge in [-0.2, -0.15) is 13.2 Å². The topological polar surface area (TPSA) is 70.6 Å². The van der Waals surface area contributed by atoms with Gasteiger partial charge in [-0.15, -0.1) is 0 Å². The lowest BCUT2D eigenvalue weighted by atomic mass is 9.77. The van der Waals surface area contributed by atoms with E-state index in [4.69, 9.17) is 17.0 Å². The number of thiocarbonyl (C=S) groups is 1. The van der Waals surface area contributed by atoms with Crippen LogP contribution in [0.4, 0.5) is 13.2 Å². The van der Waals surface area contributed by atoms with E-state index in [1.54, 1.807) is 18.2 Å². The molecular weight excluding hydrogens is 393 g/mol. The number of alkyl halides is 3. The second-order valence-corrected chi connectivity index (χ2v) is 6.73. The van der Waals surface area contributed by atoms with Crippen molar-refractivity contribution in [2.45, 2.75) is 17.9 Å². The number of halogens is 3. The SMILES string of the molecule is COc1ccc([C@@H]2NC(=S)N[C@@](O)(C(F)(F)F)[C@H]2C(=O)c2ccccc2)cc1. The van der Waals surface area contributed by atoms with Gasteiger partial charge >= 0.3 is 6.18 Å². The molecule has 1 heterocycles. The van der Waals surface area contributed by atoms with Crippen LogP contribution in [0.5, 0.6) is 5.75 Å². The molecule has 3 rings (SSSR count). The van der Waals surface area contributed by atoms with Gasteiger partial charge in [0.1, 0.15) is 11.7 Å². The fourth-order valence-corrected chi connectivity index (χ4v) is 3.49. The Morgan fingerprint density at radius 3 is 2.29 bits per heavy atom. The van der Waals surface area contributed by atoms with Crippen molar-refractivity contribution in [2.24, 2.45) is 5.92 Å². The highest BCUT2D eigenvalue weighted by molar-refractivity contribution is 7.80. The Morgan fingerprint density at radius 1 is 1.14 bits per heavy atom. The molecule has 0 aromatic heterocycles. The molecule has 0 amide bonds. The zero-order chi connectivity index (χ0) is 20.5. The minimum Gasteiger partial charge on any atom is -0.497 e. The fourth-order valence-electron chi connectivity index (χ4n) is 3.21. The molecule has 0 aliphatic carbocycles. The Labute approximate surface area is 164 Å². The highest BCUT2D eigenvalue weighted by atomic mass is 32.1. The first kappa shape index (κ1) is 20.1. The Kier molecular flexibility index (Phi) is 5.31. The van der Waals surface area contributed by atoms with Crippen LogP contribution < -0.4 is 15.4 Å². The predicted molar refractivity (Wildman–Crippen MR) is 99.9 cm³/mol. The van der Waals surface area contributed by atoms with Gasteiger partial charge < -0.3 is 20.5 Å². The summed E-state index contributed by atoms with van der Waals surface area (Å²) in [5, 5.41) is 14.7. The van der Waals surface area contributed by atoms with Crippen molar-refractivity contribution in [3.63, 3.8) is 0 Å². The third-order valence-corrected chi connectivity index (χ3v) is 4.84. The number of carbonyl (C=O) groups excluding carboxylic acids is 1. The Bertz CT molecular complexity index is 874. The maximum atomic E-state index is 13.9. The van der Waals surface area contributed by atoms with Crippen LogP contribution in [-0.2, 0) is 0 Å². The van der Waals surface area contributed by atoms with Crippen LogP contribution in [0, 0.1) is 5.92 Å². The smallest absolute Gasteiger partial charge is 0.437 e. The van der Waals surface area contributed by atoms with Gasteiger partial charge in [0.25, 0.3) is 0 Å². The second kappa shape index (κ2) is 7.40. The molecule has 0 saturated carbocycles. The molecule has 2 aromatic rings. The second-order valence-electron chi connectivity index (χ2n) is 6.32. The van der Waals surface area contributed by atoms with Crippen LogP contribution in [0.25, 0.3) is 0 Å². The van der Waals surface area contributed by atoms with Gasteiger partial charge in [-0.1, -0.05) is 42.5 Å². The first-order valence-electron chi connectivity index (χ1n) is 8.28. The van der Waals surface area contributed by atoms with Crippen molar-refractivity contribution in [1.29, 1.82) is 0 Å². The first-order valence-corrected chi connectivity index (χ1v) is 8.69. The van der Waals surface area contributed by atoms with Crippen LogP contribution in [-0.4, -0.2) is 35.0 Å². The number of nitrogens with one attached hydrogen (secondary N) is 2. The number of ether oxygens (including phenoxy) is 1. The number of methoxy groups -OCH3 is 1. The highest BCUT2D eigenvalue weighted by Crippen LogP contribution is 2.44. The Morgan fingerprint density at radius 2 is 1.75 bits per heavy atom. The molecule has 9 heteroatoms. The summed E-state index contributed by atoms with van der Waals surface area (Å²) in [6.45, 7) is 0. The van der Waals surface area contributed by atoms with Crippen LogP contribution in [0.2, 0.25) is 0 Å². The summed E-state index contributed by atoms with van der Waals surface area (Å²) in [6.07, 6.45) is -5.15. The highest BCUT2D eigenvalue weighted by Gasteiger charge is 2.65. The van der Waals surface area contributed by atoms with Crippen LogP contribution >= 0.6 is 12.2 Å². The molecular formula is C19H17F3N2O3S. The fraction of sp³-hybridized carbons (Fsp3) is 0.263. The van der Waals surface area contributed by atoms with Gasteiger partial charge in [0.2, 0.25) is 5.72 Å². The third kappa shape index (κ3) is 3.55. The number of carbonyl (C=O) groups is 1. The number of aliphatic hydroxyl groups is 1. The number of Topliss-reactive ketones (excluding diaryl/α,β-unsaturated/α-hetero) is 1. The molecule has 1 saturated heterocycles. The molecule has 0 spiro atoms. The standard InChI is InChI=1S/C19H17F3N2O3S/c1-27-13-9-7-11(8-10-13)15-14(16(25)12-5-3-2-4-6-12)18(26,19(20,21)22)24-17(28)23-15/h2-10,14-15,26H,1H3,(H2,23,24,28)/t14-,15+,18+/m1/s1. The summed E-state index contributed by atoms with van der Waals surface area (Å²) < 4.78 is 46.6. The monoisotopic (exact) mass is 410 g/mol. The average molecular weight is 410 g/mol. The molecule has 0 bridgehead atoms. The summed E-state index contributed by atoms with van der Waals surface area (Å²) in [4.78, 5) is 13.1. The quantitative estimate of drug-likeness (QED) is 0.532. The molecule has 3 atom stereocenters. The lowest BCUT2D eigenvalue weighted by Gasteiger charge is -2.46. The van der Waals surface area contributed by atoms with E-state index in [2.05, 4.69) is 5.32 Å². The Balaban J connectivity index is 2.13. The third-order valence-electron chi connectivity index (χ3n) is 4.62. The van der Waals surface area contributed by atoms with Crippen molar-refractivity contribution in [3.8, 4) is 5.75 Å². The van der Waals surface area contributed by atoms with Crippen molar-refractivity contribution in [2.75, 3.05) is 7.11 Å². The number of hydrogen-bond acceptors (Lipinski definition) is 4. The molecule has 5 nitrogen and oxygen atoms in total. The van der Waals surface area contributed by atoms with E-state index < -0.39 is 34.8 Å². The minimum absolute atomic E-state index is 0.0464. The van der Waals surface area contributed by atoms with Crippen LogP contribution in [0.1, 0.15) is 22.0 Å². The van der Waals surface area contributed by atoms with Crippen LogP contribution in [0.15, 0.2) is 54.6 Å². The molecule has 1 aliphatic rings. The predicted octanol–water partition coefficient (Wildman–Crippen LogP) is 2.96. The Hall–Kier alpha value is -2.65. The van der Waals surface area contributed by atoms with E-state index in [1.807, 2.05) is 5.32 Å². The van der Waals surface area contributed by atoms with E-state index in [0.717, 1.165) is 0 Å². The number of rotatable bonds is 4. The zero-order valence-corrected chi connectivity index (χ0v) is 15.5. The lowest BCUT2D eigenvalue weighted by Crippen LogP contribution is -2.72. The molecule has 2 aromatic carbocycles. The zero-order valence-electron chi connectivity index (χ0n) is 14.7. The molecule has 148 valence electrons. The number of hydrogen-bond donors (Lipinski definition) is 3. The summed E-state index contributed by atoms with van der Waals surface area (Å²) in [5.41, 5.74) is -3.14. The van der Waals surface area contributed by atoms with Gasteiger partial charge in [-0.25, -0.2) is 0 Å². The van der Waals surface area contributed by atoms with Crippen molar-refractivity contribution < 1.29 is 27.8 Å². The van der Waals surface area contributed by atoms with Crippen molar-refractivity contribution in [3.05, 3.63) is 65.7 Å². The van der Waals surface area contributed by atoms with E-state index in [-0.39, 0.29) is 5.56 Å². The van der Waals surface area contributed by atoms with Crippen molar-refractivity contribution in [1.82, 2.24) is 10.6 Å². The van der Waals surface area contributed by atoms with Crippen LogP contribution in [0.3, 0.4) is 0 Å². The van der Waals surface area contributed by atoms with Gasteiger partial charge in [0, 0.05) is 5.56 Å². The normalized spacial score (nSPS) is 24.8. The first-order chi connectivity index (χ1) is 13.2. The average Bonchev–Trinajstić information content (AvgIpc) is 2.67. The maximum absolute atomic E-state index is 13.9. The summed E-state index contributed by atoms with van der Waals surface area (Å²) >= 11 is 4.89. The van der Waals surface area contributed by atoms with Crippen molar-refractivity contribution >= 4 is 23.1 Å².